The van der Waals surface area contributed by atoms with Gasteiger partial charge in [-0.15, -0.1) is 0 Å². The van der Waals surface area contributed by atoms with Gasteiger partial charge < -0.3 is 9.47 Å². The molecule has 1 aliphatic rings. The Morgan fingerprint density at radius 2 is 2.24 bits per heavy atom. The minimum Gasteiger partial charge on any atom is -0.342 e. The summed E-state index contributed by atoms with van der Waals surface area (Å²) in [6.07, 6.45) is 8.47. The van der Waals surface area contributed by atoms with Crippen LogP contribution in [0.5, 0.6) is 0 Å². The largest absolute Gasteiger partial charge is 0.342 e. The number of imidazole rings is 1. The molecule has 3 heterocycles. The molecular formula is C20H28N4O. The van der Waals surface area contributed by atoms with E-state index >= 15 is 0 Å². The molecule has 1 amide bonds. The van der Waals surface area contributed by atoms with E-state index in [4.69, 9.17) is 0 Å². The fourth-order valence-corrected chi connectivity index (χ4v) is 3.70. The maximum atomic E-state index is 12.6. The van der Waals surface area contributed by atoms with E-state index in [0.717, 1.165) is 56.1 Å². The topological polar surface area (TPSA) is 51.0 Å². The molecule has 0 saturated carbocycles. The van der Waals surface area contributed by atoms with Gasteiger partial charge in [0.2, 0.25) is 5.91 Å². The zero-order valence-corrected chi connectivity index (χ0v) is 15.3. The highest BCUT2D eigenvalue weighted by Gasteiger charge is 2.24. The minimum atomic E-state index is 0.262. The minimum absolute atomic E-state index is 0.262. The summed E-state index contributed by atoms with van der Waals surface area (Å²) < 4.78 is 2.09. The van der Waals surface area contributed by atoms with Crippen LogP contribution in [-0.2, 0) is 24.2 Å². The van der Waals surface area contributed by atoms with Gasteiger partial charge in [-0.3, -0.25) is 9.78 Å². The number of carbonyl (C=O) groups is 1. The van der Waals surface area contributed by atoms with Crippen LogP contribution in [0.25, 0.3) is 0 Å². The summed E-state index contributed by atoms with van der Waals surface area (Å²) in [7, 11) is 0. The molecule has 2 aromatic heterocycles. The number of amides is 1. The van der Waals surface area contributed by atoms with E-state index in [-0.39, 0.29) is 5.91 Å². The second-order valence-corrected chi connectivity index (χ2v) is 6.96. The van der Waals surface area contributed by atoms with Gasteiger partial charge in [0, 0.05) is 56.3 Å². The average Bonchev–Trinajstić information content (AvgIpc) is 3.07. The zero-order chi connectivity index (χ0) is 17.6. The van der Waals surface area contributed by atoms with Crippen molar-refractivity contribution in [3.63, 3.8) is 0 Å². The lowest BCUT2D eigenvalue weighted by atomic mass is 9.93. The first-order chi connectivity index (χ1) is 12.2. The molecular weight excluding hydrogens is 312 g/mol. The number of nitrogens with zero attached hydrogens (tertiary/aromatic N) is 4. The van der Waals surface area contributed by atoms with Crippen LogP contribution in [0.15, 0.2) is 30.6 Å². The molecule has 2 aromatic rings. The number of rotatable bonds is 6. The number of pyridine rings is 1. The van der Waals surface area contributed by atoms with Crippen molar-refractivity contribution in [3.05, 3.63) is 47.8 Å². The maximum absolute atomic E-state index is 12.6. The Morgan fingerprint density at radius 3 is 3.04 bits per heavy atom. The summed E-state index contributed by atoms with van der Waals surface area (Å²) in [6, 6.07) is 6.19. The van der Waals surface area contributed by atoms with Crippen molar-refractivity contribution in [2.75, 3.05) is 13.1 Å². The van der Waals surface area contributed by atoms with Crippen LogP contribution in [-0.4, -0.2) is 38.4 Å². The second-order valence-electron chi connectivity index (χ2n) is 6.96. The highest BCUT2D eigenvalue weighted by atomic mass is 16.2. The van der Waals surface area contributed by atoms with E-state index in [1.165, 1.54) is 6.42 Å². The smallest absolute Gasteiger partial charge is 0.224 e. The molecule has 1 aliphatic heterocycles. The third kappa shape index (κ3) is 4.68. The van der Waals surface area contributed by atoms with Crippen molar-refractivity contribution < 1.29 is 4.79 Å². The first-order valence-electron chi connectivity index (χ1n) is 9.36. The van der Waals surface area contributed by atoms with Crippen LogP contribution in [0.4, 0.5) is 0 Å². The quantitative estimate of drug-likeness (QED) is 0.812. The van der Waals surface area contributed by atoms with Gasteiger partial charge in [0.1, 0.15) is 5.82 Å². The van der Waals surface area contributed by atoms with Crippen molar-refractivity contribution in [3.8, 4) is 0 Å². The summed E-state index contributed by atoms with van der Waals surface area (Å²) in [4.78, 5) is 23.6. The third-order valence-corrected chi connectivity index (χ3v) is 5.00. The normalized spacial score (nSPS) is 17.7. The van der Waals surface area contributed by atoms with Crippen LogP contribution in [0.3, 0.4) is 0 Å². The third-order valence-electron chi connectivity index (χ3n) is 5.00. The first-order valence-corrected chi connectivity index (χ1v) is 9.36. The molecule has 5 heteroatoms. The molecule has 1 saturated heterocycles. The first kappa shape index (κ1) is 17.6. The summed E-state index contributed by atoms with van der Waals surface area (Å²) in [6.45, 7) is 6.60. The lowest BCUT2D eigenvalue weighted by Crippen LogP contribution is -2.40. The van der Waals surface area contributed by atoms with Crippen LogP contribution in [0.1, 0.15) is 43.4 Å². The average molecular weight is 340 g/mol. The van der Waals surface area contributed by atoms with Gasteiger partial charge in [0.25, 0.3) is 0 Å². The fraction of sp³-hybridized carbons (Fsp3) is 0.550. The van der Waals surface area contributed by atoms with Gasteiger partial charge in [0.15, 0.2) is 0 Å². The molecule has 0 aromatic carbocycles. The molecule has 3 rings (SSSR count). The maximum Gasteiger partial charge on any atom is 0.224 e. The Balaban J connectivity index is 1.52. The summed E-state index contributed by atoms with van der Waals surface area (Å²) >= 11 is 0. The highest BCUT2D eigenvalue weighted by molar-refractivity contribution is 5.76. The molecule has 0 spiro atoms. The monoisotopic (exact) mass is 340 g/mol. The summed E-state index contributed by atoms with van der Waals surface area (Å²) in [5, 5.41) is 0. The molecule has 0 N–H and O–H groups in total. The van der Waals surface area contributed by atoms with Crippen LogP contribution in [0, 0.1) is 12.8 Å². The van der Waals surface area contributed by atoms with E-state index in [0.29, 0.717) is 12.3 Å². The molecule has 0 radical (unpaired) electrons. The van der Waals surface area contributed by atoms with Gasteiger partial charge in [-0.25, -0.2) is 4.98 Å². The van der Waals surface area contributed by atoms with E-state index in [2.05, 4.69) is 33.6 Å². The van der Waals surface area contributed by atoms with Crippen molar-refractivity contribution >= 4 is 5.91 Å². The van der Waals surface area contributed by atoms with Gasteiger partial charge in [-0.1, -0.05) is 13.0 Å². The number of hydrogen-bond donors (Lipinski definition) is 0. The Hall–Kier alpha value is -2.17. The van der Waals surface area contributed by atoms with E-state index in [1.807, 2.05) is 30.3 Å². The second kappa shape index (κ2) is 8.28. The number of hydrogen-bond acceptors (Lipinski definition) is 3. The van der Waals surface area contributed by atoms with Crippen molar-refractivity contribution in [1.29, 1.82) is 0 Å². The number of aryl methyl sites for hydroxylation is 3. The lowest BCUT2D eigenvalue weighted by Gasteiger charge is -2.33. The number of piperidine rings is 1. The van der Waals surface area contributed by atoms with Gasteiger partial charge in [0.05, 0.1) is 0 Å². The number of carbonyl (C=O) groups excluding carboxylic acids is 1. The highest BCUT2D eigenvalue weighted by Crippen LogP contribution is 2.21. The van der Waals surface area contributed by atoms with Crippen LogP contribution >= 0.6 is 0 Å². The lowest BCUT2D eigenvalue weighted by molar-refractivity contribution is -0.133. The number of likely N-dealkylation sites (tertiary alicyclic amines) is 1. The number of aromatic nitrogens is 3. The van der Waals surface area contributed by atoms with E-state index < -0.39 is 0 Å². The molecule has 5 nitrogen and oxygen atoms in total. The van der Waals surface area contributed by atoms with Gasteiger partial charge >= 0.3 is 0 Å². The molecule has 1 atom stereocenters. The molecule has 0 unspecified atom stereocenters. The van der Waals surface area contributed by atoms with Crippen molar-refractivity contribution in [1.82, 2.24) is 19.4 Å². The summed E-state index contributed by atoms with van der Waals surface area (Å²) in [5.74, 6) is 1.83. The SMILES string of the molecule is CCc1nccn1CCC(=O)N1CCC[C@@H](Cc2cccc(C)n2)C1. The Kier molecular flexibility index (Phi) is 5.84. The van der Waals surface area contributed by atoms with Gasteiger partial charge in [-0.2, -0.15) is 0 Å². The van der Waals surface area contributed by atoms with Crippen molar-refractivity contribution in [2.45, 2.75) is 52.5 Å². The zero-order valence-electron chi connectivity index (χ0n) is 15.3. The van der Waals surface area contributed by atoms with Crippen LogP contribution < -0.4 is 0 Å². The van der Waals surface area contributed by atoms with Crippen LogP contribution in [0.2, 0.25) is 0 Å². The Morgan fingerprint density at radius 1 is 1.36 bits per heavy atom. The predicted molar refractivity (Wildman–Crippen MR) is 98.2 cm³/mol. The Bertz CT molecular complexity index is 709. The van der Waals surface area contributed by atoms with E-state index in [1.54, 1.807) is 0 Å². The molecule has 134 valence electrons. The predicted octanol–water partition coefficient (Wildman–Crippen LogP) is 3.02. The standard InChI is InChI=1S/C20H28N4O/c1-3-19-21-10-13-23(19)12-9-20(25)24-11-5-7-17(15-24)14-18-8-4-6-16(2)22-18/h4,6,8,10,13,17H,3,5,7,9,11-12,14-15H2,1-2H3/t17-/m0/s1. The summed E-state index contributed by atoms with van der Waals surface area (Å²) in [5.41, 5.74) is 2.21. The molecule has 0 aliphatic carbocycles. The fourth-order valence-electron chi connectivity index (χ4n) is 3.70. The molecule has 25 heavy (non-hydrogen) atoms. The molecule has 1 fully saturated rings. The van der Waals surface area contributed by atoms with E-state index in [9.17, 15) is 4.79 Å². The van der Waals surface area contributed by atoms with Crippen molar-refractivity contribution in [2.24, 2.45) is 5.92 Å². The Labute approximate surface area is 150 Å². The van der Waals surface area contributed by atoms with Gasteiger partial charge in [-0.05, 0) is 44.2 Å². The molecule has 0 bridgehead atoms.